The van der Waals surface area contributed by atoms with E-state index >= 15 is 0 Å². The van der Waals surface area contributed by atoms with E-state index in [-0.39, 0.29) is 11.6 Å². The van der Waals surface area contributed by atoms with Crippen LogP contribution < -0.4 is 5.32 Å². The normalized spacial score (nSPS) is 13.0. The summed E-state index contributed by atoms with van der Waals surface area (Å²) < 4.78 is 40.3. The van der Waals surface area contributed by atoms with Crippen LogP contribution in [0.15, 0.2) is 28.9 Å². The van der Waals surface area contributed by atoms with Gasteiger partial charge >= 0.3 is 6.18 Å². The molecule has 0 aliphatic rings. The van der Waals surface area contributed by atoms with Gasteiger partial charge in [-0.2, -0.15) is 13.2 Å². The summed E-state index contributed by atoms with van der Waals surface area (Å²) >= 11 is 3.37. The Balaban J connectivity index is 2.06. The van der Waals surface area contributed by atoms with E-state index in [0.717, 1.165) is 17.1 Å². The van der Waals surface area contributed by atoms with Gasteiger partial charge in [0.15, 0.2) is 0 Å². The van der Waals surface area contributed by atoms with Gasteiger partial charge in [0.1, 0.15) is 16.2 Å². The van der Waals surface area contributed by atoms with Crippen LogP contribution in [-0.2, 0) is 6.18 Å². The minimum atomic E-state index is -4.38. The summed E-state index contributed by atoms with van der Waals surface area (Å²) in [7, 11) is 0. The number of hydrogen-bond donors (Lipinski definition) is 1. The maximum atomic E-state index is 13.2. The van der Waals surface area contributed by atoms with Crippen molar-refractivity contribution in [1.29, 1.82) is 0 Å². The molecule has 0 amide bonds. The number of halogens is 4. The lowest BCUT2D eigenvalue weighted by Gasteiger charge is -2.21. The number of aryl methyl sites for hydroxylation is 2. The number of rotatable bonds is 3. The monoisotopic (exact) mass is 438 g/mol. The molecule has 2 aromatic heterocycles. The number of pyridine rings is 1. The number of alkyl halides is 3. The highest BCUT2D eigenvalue weighted by Gasteiger charge is 2.33. The number of hydrogen-bond acceptors (Lipinski definition) is 4. The van der Waals surface area contributed by atoms with Crippen molar-refractivity contribution < 1.29 is 13.2 Å². The van der Waals surface area contributed by atoms with Crippen LogP contribution in [0.5, 0.6) is 0 Å². The molecule has 8 heteroatoms. The lowest BCUT2D eigenvalue weighted by molar-refractivity contribution is -0.138. The third kappa shape index (κ3) is 3.90. The summed E-state index contributed by atoms with van der Waals surface area (Å²) in [5.41, 5.74) is 1.61. The molecular weight excluding hydrogens is 421 g/mol. The van der Waals surface area contributed by atoms with Crippen LogP contribution in [0.1, 0.15) is 41.2 Å². The zero-order valence-electron chi connectivity index (χ0n) is 15.2. The lowest BCUT2D eigenvalue weighted by atomic mass is 9.97. The van der Waals surface area contributed by atoms with Crippen molar-refractivity contribution in [1.82, 2.24) is 15.0 Å². The largest absolute Gasteiger partial charge is 0.416 e. The molecule has 1 atom stereocenters. The van der Waals surface area contributed by atoms with E-state index in [9.17, 15) is 13.2 Å². The van der Waals surface area contributed by atoms with Gasteiger partial charge in [-0.05, 0) is 66.9 Å². The minimum Gasteiger partial charge on any atom is -0.363 e. The first-order valence-electron chi connectivity index (χ1n) is 8.32. The quantitative estimate of drug-likeness (QED) is 0.516. The number of nitrogens with one attached hydrogen (secondary N) is 1. The van der Waals surface area contributed by atoms with Gasteiger partial charge in [-0.1, -0.05) is 12.1 Å². The van der Waals surface area contributed by atoms with Crippen molar-refractivity contribution in [3.63, 3.8) is 0 Å². The molecule has 0 aliphatic heterocycles. The van der Waals surface area contributed by atoms with Gasteiger partial charge in [0.05, 0.1) is 22.8 Å². The van der Waals surface area contributed by atoms with Crippen LogP contribution in [0.3, 0.4) is 0 Å². The second kappa shape index (κ2) is 7.07. The molecular formula is C19H18BrF3N4. The van der Waals surface area contributed by atoms with Crippen molar-refractivity contribution in [2.24, 2.45) is 0 Å². The lowest BCUT2D eigenvalue weighted by Crippen LogP contribution is -2.14. The fourth-order valence-electron chi connectivity index (χ4n) is 3.18. The predicted octanol–water partition coefficient (Wildman–Crippen LogP) is 5.90. The van der Waals surface area contributed by atoms with Crippen LogP contribution in [0, 0.1) is 20.8 Å². The maximum Gasteiger partial charge on any atom is 0.416 e. The fraction of sp³-hybridized carbons (Fsp3) is 0.316. The molecule has 1 aromatic carbocycles. The summed E-state index contributed by atoms with van der Waals surface area (Å²) in [6, 6.07) is 5.65. The Hall–Kier alpha value is -2.22. The SMILES string of the molecule is Cc1nc(NC(C)c2cccc(C(F)(F)F)c2C)c2cc(Br)nc(C)c2n1. The molecule has 142 valence electrons. The summed E-state index contributed by atoms with van der Waals surface area (Å²) in [4.78, 5) is 13.2. The fourth-order valence-corrected chi connectivity index (χ4v) is 3.68. The van der Waals surface area contributed by atoms with E-state index in [1.807, 2.05) is 13.8 Å². The van der Waals surface area contributed by atoms with Gasteiger partial charge < -0.3 is 5.32 Å². The van der Waals surface area contributed by atoms with E-state index in [0.29, 0.717) is 27.3 Å². The minimum absolute atomic E-state index is 0.208. The van der Waals surface area contributed by atoms with Gasteiger partial charge in [0, 0.05) is 5.39 Å². The molecule has 3 aromatic rings. The van der Waals surface area contributed by atoms with Crippen molar-refractivity contribution in [2.75, 3.05) is 5.32 Å². The maximum absolute atomic E-state index is 13.2. The first-order chi connectivity index (χ1) is 12.6. The number of anilines is 1. The standard InChI is InChI=1S/C19H18BrF3N4/c1-9-13(6-5-7-15(9)19(21,22)23)10(2)25-18-14-8-16(20)24-11(3)17(14)26-12(4)27-18/h5-8,10H,1-4H3,(H,25,26,27). The molecule has 0 fully saturated rings. The zero-order chi connectivity index (χ0) is 19.9. The number of nitrogens with zero attached hydrogens (tertiary/aromatic N) is 3. The number of fused-ring (bicyclic) bond motifs is 1. The number of benzene rings is 1. The zero-order valence-corrected chi connectivity index (χ0v) is 16.8. The van der Waals surface area contributed by atoms with Crippen molar-refractivity contribution >= 4 is 32.7 Å². The van der Waals surface area contributed by atoms with Gasteiger partial charge in [0.2, 0.25) is 0 Å². The highest BCUT2D eigenvalue weighted by molar-refractivity contribution is 9.10. The molecule has 27 heavy (non-hydrogen) atoms. The molecule has 0 saturated heterocycles. The van der Waals surface area contributed by atoms with E-state index < -0.39 is 11.7 Å². The summed E-state index contributed by atoms with van der Waals surface area (Å²) in [6.07, 6.45) is -4.38. The van der Waals surface area contributed by atoms with E-state index in [4.69, 9.17) is 0 Å². The van der Waals surface area contributed by atoms with Crippen LogP contribution >= 0.6 is 15.9 Å². The molecule has 1 unspecified atom stereocenters. The molecule has 0 bridgehead atoms. The number of aromatic nitrogens is 3. The average molecular weight is 439 g/mol. The van der Waals surface area contributed by atoms with Gasteiger partial charge in [-0.3, -0.25) is 0 Å². The third-order valence-corrected chi connectivity index (χ3v) is 4.85. The molecule has 3 rings (SSSR count). The Kier molecular flexibility index (Phi) is 5.12. The van der Waals surface area contributed by atoms with E-state index in [1.54, 1.807) is 19.1 Å². The highest BCUT2D eigenvalue weighted by Crippen LogP contribution is 2.35. The van der Waals surface area contributed by atoms with Gasteiger partial charge in [-0.15, -0.1) is 0 Å². The molecule has 1 N–H and O–H groups in total. The van der Waals surface area contributed by atoms with Crippen molar-refractivity contribution in [3.8, 4) is 0 Å². The highest BCUT2D eigenvalue weighted by atomic mass is 79.9. The van der Waals surface area contributed by atoms with Crippen LogP contribution in [0.4, 0.5) is 19.0 Å². The van der Waals surface area contributed by atoms with Gasteiger partial charge in [0.25, 0.3) is 0 Å². The Morgan fingerprint density at radius 3 is 2.44 bits per heavy atom. The molecule has 0 radical (unpaired) electrons. The Bertz CT molecular complexity index is 1020. The molecule has 0 spiro atoms. The third-order valence-electron chi connectivity index (χ3n) is 4.44. The first kappa shape index (κ1) is 19.5. The second-order valence-electron chi connectivity index (χ2n) is 6.43. The molecule has 0 saturated carbocycles. The smallest absolute Gasteiger partial charge is 0.363 e. The summed E-state index contributed by atoms with van der Waals surface area (Å²) in [5.74, 6) is 1.12. The van der Waals surface area contributed by atoms with E-state index in [1.165, 1.54) is 13.0 Å². The average Bonchev–Trinajstić information content (AvgIpc) is 2.55. The predicted molar refractivity (Wildman–Crippen MR) is 103 cm³/mol. The van der Waals surface area contributed by atoms with Crippen molar-refractivity contribution in [2.45, 2.75) is 39.9 Å². The Labute approximate surface area is 163 Å². The summed E-state index contributed by atoms with van der Waals surface area (Å²) in [6.45, 7) is 6.93. The summed E-state index contributed by atoms with van der Waals surface area (Å²) in [5, 5.41) is 4.01. The molecule has 0 aliphatic carbocycles. The second-order valence-corrected chi connectivity index (χ2v) is 7.24. The molecule has 4 nitrogen and oxygen atoms in total. The van der Waals surface area contributed by atoms with Crippen LogP contribution in [0.2, 0.25) is 0 Å². The Morgan fingerprint density at radius 1 is 1.07 bits per heavy atom. The topological polar surface area (TPSA) is 50.7 Å². The van der Waals surface area contributed by atoms with Crippen LogP contribution in [0.25, 0.3) is 10.9 Å². The Morgan fingerprint density at radius 2 is 1.78 bits per heavy atom. The van der Waals surface area contributed by atoms with Crippen LogP contribution in [-0.4, -0.2) is 15.0 Å². The van der Waals surface area contributed by atoms with Crippen molar-refractivity contribution in [3.05, 3.63) is 57.1 Å². The van der Waals surface area contributed by atoms with Gasteiger partial charge in [-0.25, -0.2) is 15.0 Å². The first-order valence-corrected chi connectivity index (χ1v) is 9.12. The molecule has 2 heterocycles. The van der Waals surface area contributed by atoms with E-state index in [2.05, 4.69) is 36.2 Å².